The van der Waals surface area contributed by atoms with E-state index >= 15 is 0 Å². The number of nitrogens with two attached hydrogens (primary N) is 1. The molecule has 1 aliphatic heterocycles. The highest BCUT2D eigenvalue weighted by atomic mass is 31.1. The number of nitrogens with one attached hydrogen (secondary N) is 1. The number of morpholine rings is 1. The maximum Gasteiger partial charge on any atom is 0.615 e. The van der Waals surface area contributed by atoms with Gasteiger partial charge in [0.25, 0.3) is 0 Å². The average molecular weight is 316 g/mol. The van der Waals surface area contributed by atoms with E-state index in [0.717, 1.165) is 0 Å². The zero-order chi connectivity index (χ0) is 15.4. The molecule has 3 atom stereocenters. The molecule has 2 heterocycles. The van der Waals surface area contributed by atoms with Gasteiger partial charge >= 0.3 is 13.9 Å². The Morgan fingerprint density at radius 3 is 3.05 bits per heavy atom. The van der Waals surface area contributed by atoms with Crippen molar-refractivity contribution in [2.24, 2.45) is 0 Å². The van der Waals surface area contributed by atoms with E-state index in [0.29, 0.717) is 13.1 Å². The molecule has 0 aliphatic carbocycles. The number of ether oxygens (including phenoxy) is 1. The van der Waals surface area contributed by atoms with Crippen LogP contribution in [-0.2, 0) is 13.8 Å². The minimum absolute atomic E-state index is 0.169. The van der Waals surface area contributed by atoms with Crippen LogP contribution in [0.2, 0.25) is 0 Å². The average Bonchev–Trinajstić information content (AvgIpc) is 2.45. The van der Waals surface area contributed by atoms with Crippen molar-refractivity contribution in [3.63, 3.8) is 0 Å². The lowest BCUT2D eigenvalue weighted by atomic mass is 10.3. The van der Waals surface area contributed by atoms with E-state index in [1.165, 1.54) is 15.3 Å². The molecule has 1 aliphatic rings. The Bertz CT molecular complexity index is 564. The highest BCUT2D eigenvalue weighted by molar-refractivity contribution is 7.36. The van der Waals surface area contributed by atoms with Gasteiger partial charge in [0.1, 0.15) is 18.5 Å². The molecule has 2 unspecified atom stereocenters. The molecule has 3 N–H and O–H groups in total. The first-order chi connectivity index (χ1) is 9.97. The van der Waals surface area contributed by atoms with Crippen LogP contribution < -0.4 is 16.7 Å². The summed E-state index contributed by atoms with van der Waals surface area (Å²) in [5, 5.41) is 3.15. The second kappa shape index (κ2) is 7.06. The third-order valence-corrected chi connectivity index (χ3v) is 3.92. The van der Waals surface area contributed by atoms with Gasteiger partial charge in [0.2, 0.25) is 0 Å². The molecule has 1 aromatic rings. The molecule has 1 aromatic heterocycles. The summed E-state index contributed by atoms with van der Waals surface area (Å²) < 4.78 is 25.4. The van der Waals surface area contributed by atoms with Crippen LogP contribution in [0.1, 0.15) is 6.23 Å². The van der Waals surface area contributed by atoms with Crippen LogP contribution >= 0.6 is 8.18 Å². The minimum Gasteiger partial charge on any atom is -0.383 e. The van der Waals surface area contributed by atoms with Gasteiger partial charge in [0, 0.05) is 33.4 Å². The number of nitrogen functional groups attached to an aromatic ring is 1. The standard InChI is InChI=1S/C11H18N5O4P/c1-15(2)21(18)19-7-8-5-13-6-10(20-8)16-4-3-9(12)14-11(16)17/h3-4,8,10,13H,5-7H2,1-2H3,(H-,12,14,17)/p+1/t8-,10?/m0/s1. The molecule has 0 radical (unpaired) electrons. The van der Waals surface area contributed by atoms with Gasteiger partial charge in [-0.2, -0.15) is 4.98 Å². The smallest absolute Gasteiger partial charge is 0.383 e. The molecule has 9 nitrogen and oxygen atoms in total. The summed E-state index contributed by atoms with van der Waals surface area (Å²) in [6.45, 7) is 1.21. The quantitative estimate of drug-likeness (QED) is 0.702. The molecule has 0 spiro atoms. The van der Waals surface area contributed by atoms with Crippen molar-refractivity contribution in [2.45, 2.75) is 12.3 Å². The van der Waals surface area contributed by atoms with Gasteiger partial charge in [0.15, 0.2) is 6.23 Å². The monoisotopic (exact) mass is 316 g/mol. The zero-order valence-electron chi connectivity index (χ0n) is 11.9. The number of anilines is 1. The lowest BCUT2D eigenvalue weighted by molar-refractivity contribution is -0.0928. The molecule has 0 saturated carbocycles. The van der Waals surface area contributed by atoms with E-state index in [-0.39, 0.29) is 18.5 Å². The Hall–Kier alpha value is -1.38. The van der Waals surface area contributed by atoms with Crippen molar-refractivity contribution in [2.75, 3.05) is 39.5 Å². The molecule has 2 rings (SSSR count). The minimum atomic E-state index is -1.87. The molecular formula is C11H19N5O4P+. The lowest BCUT2D eigenvalue weighted by Gasteiger charge is -2.30. The van der Waals surface area contributed by atoms with E-state index in [9.17, 15) is 9.36 Å². The highest BCUT2D eigenvalue weighted by Gasteiger charge is 2.29. The summed E-state index contributed by atoms with van der Waals surface area (Å²) in [6.07, 6.45) is 0.748. The van der Waals surface area contributed by atoms with Crippen LogP contribution in [0.5, 0.6) is 0 Å². The van der Waals surface area contributed by atoms with Crippen molar-refractivity contribution >= 4 is 14.0 Å². The fraction of sp³-hybridized carbons (Fsp3) is 0.636. The molecule has 0 amide bonds. The van der Waals surface area contributed by atoms with Gasteiger partial charge in [-0.15, -0.1) is 4.52 Å². The molecule has 116 valence electrons. The van der Waals surface area contributed by atoms with Crippen LogP contribution in [0.4, 0.5) is 5.82 Å². The predicted octanol–water partition coefficient (Wildman–Crippen LogP) is -0.452. The van der Waals surface area contributed by atoms with Crippen molar-refractivity contribution in [3.8, 4) is 0 Å². The van der Waals surface area contributed by atoms with Crippen molar-refractivity contribution < 1.29 is 13.8 Å². The van der Waals surface area contributed by atoms with Crippen LogP contribution in [0.25, 0.3) is 0 Å². The maximum absolute atomic E-state index is 11.8. The second-order valence-corrected chi connectivity index (χ2v) is 6.33. The third-order valence-electron chi connectivity index (χ3n) is 2.90. The Morgan fingerprint density at radius 2 is 2.38 bits per heavy atom. The normalized spacial score (nSPS) is 23.3. The second-order valence-electron chi connectivity index (χ2n) is 4.79. The summed E-state index contributed by atoms with van der Waals surface area (Å²) in [5.74, 6) is 0.169. The number of hydrogen-bond acceptors (Lipinski definition) is 7. The summed E-state index contributed by atoms with van der Waals surface area (Å²) in [7, 11) is 1.47. The Balaban J connectivity index is 1.97. The summed E-state index contributed by atoms with van der Waals surface area (Å²) in [6, 6.07) is 1.54. The Labute approximate surface area is 123 Å². The highest BCUT2D eigenvalue weighted by Crippen LogP contribution is 2.25. The van der Waals surface area contributed by atoms with E-state index in [1.54, 1.807) is 20.3 Å². The molecule has 0 bridgehead atoms. The first-order valence-corrected chi connectivity index (χ1v) is 7.58. The molecule has 1 saturated heterocycles. The first kappa shape index (κ1) is 16.0. The van der Waals surface area contributed by atoms with Crippen molar-refractivity contribution in [1.82, 2.24) is 19.5 Å². The molecule has 21 heavy (non-hydrogen) atoms. The maximum atomic E-state index is 11.8. The summed E-state index contributed by atoms with van der Waals surface area (Å²) in [5.41, 5.74) is 4.99. The van der Waals surface area contributed by atoms with Gasteiger partial charge in [-0.1, -0.05) is 4.67 Å². The number of rotatable bonds is 5. The molecular weight excluding hydrogens is 297 g/mol. The topological polar surface area (TPSA) is 112 Å². The summed E-state index contributed by atoms with van der Waals surface area (Å²) >= 11 is 0. The van der Waals surface area contributed by atoms with Gasteiger partial charge in [-0.3, -0.25) is 4.57 Å². The van der Waals surface area contributed by atoms with Crippen LogP contribution in [0.15, 0.2) is 17.1 Å². The summed E-state index contributed by atoms with van der Waals surface area (Å²) in [4.78, 5) is 15.4. The largest absolute Gasteiger partial charge is 0.615 e. The Kier molecular flexibility index (Phi) is 5.38. The van der Waals surface area contributed by atoms with Crippen LogP contribution in [0, 0.1) is 0 Å². The van der Waals surface area contributed by atoms with Crippen LogP contribution in [-0.4, -0.2) is 54.1 Å². The van der Waals surface area contributed by atoms with E-state index in [1.807, 2.05) is 0 Å². The number of nitrogens with zero attached hydrogens (tertiary/aromatic N) is 3. The fourth-order valence-electron chi connectivity index (χ4n) is 1.86. The molecule has 1 fully saturated rings. The van der Waals surface area contributed by atoms with Crippen molar-refractivity contribution in [1.29, 1.82) is 0 Å². The SMILES string of the molecule is CN(C)[P+](=O)OC[C@@H]1CNCC(n2ccc(N)nc2=O)O1. The van der Waals surface area contributed by atoms with Crippen LogP contribution in [0.3, 0.4) is 0 Å². The predicted molar refractivity (Wildman–Crippen MR) is 76.9 cm³/mol. The third kappa shape index (κ3) is 4.29. The first-order valence-electron chi connectivity index (χ1n) is 6.45. The van der Waals surface area contributed by atoms with Gasteiger partial charge < -0.3 is 15.8 Å². The molecule has 0 aromatic carbocycles. The molecule has 10 heteroatoms. The van der Waals surface area contributed by atoms with Gasteiger partial charge in [-0.05, 0) is 10.6 Å². The van der Waals surface area contributed by atoms with Gasteiger partial charge in [-0.25, -0.2) is 4.79 Å². The number of aromatic nitrogens is 2. The fourth-order valence-corrected chi connectivity index (χ4v) is 2.38. The zero-order valence-corrected chi connectivity index (χ0v) is 12.8. The van der Waals surface area contributed by atoms with E-state index < -0.39 is 20.1 Å². The van der Waals surface area contributed by atoms with Crippen molar-refractivity contribution in [3.05, 3.63) is 22.7 Å². The number of hydrogen-bond donors (Lipinski definition) is 2. The van der Waals surface area contributed by atoms with E-state index in [4.69, 9.17) is 15.0 Å². The van der Waals surface area contributed by atoms with Gasteiger partial charge in [0.05, 0.1) is 0 Å². The van der Waals surface area contributed by atoms with E-state index in [2.05, 4.69) is 10.3 Å². The lowest BCUT2D eigenvalue weighted by Crippen LogP contribution is -2.46. The Morgan fingerprint density at radius 1 is 1.62 bits per heavy atom.